The van der Waals surface area contributed by atoms with Crippen LogP contribution in [-0.4, -0.2) is 12.6 Å². The molecule has 0 saturated heterocycles. The molecular weight excluding hydrogens is 152 g/mol. The highest BCUT2D eigenvalue weighted by Gasteiger charge is 1.98. The summed E-state index contributed by atoms with van der Waals surface area (Å²) in [5.74, 6) is 2.32. The SMILES string of the molecule is C#Cc1cc([C]=O)cc([C]=O)c1. The van der Waals surface area contributed by atoms with Crippen molar-refractivity contribution in [2.75, 3.05) is 0 Å². The average molecular weight is 156 g/mol. The molecule has 0 spiro atoms. The third-order valence-corrected chi connectivity index (χ3v) is 1.34. The summed E-state index contributed by atoms with van der Waals surface area (Å²) >= 11 is 0. The van der Waals surface area contributed by atoms with Gasteiger partial charge in [-0.3, -0.25) is 9.59 Å². The van der Waals surface area contributed by atoms with Gasteiger partial charge in [0.2, 0.25) is 12.6 Å². The lowest BCUT2D eigenvalue weighted by Crippen LogP contribution is -1.88. The summed E-state index contributed by atoms with van der Waals surface area (Å²) in [6, 6.07) is 4.34. The minimum atomic E-state index is 0.267. The van der Waals surface area contributed by atoms with E-state index in [0.29, 0.717) is 5.56 Å². The molecule has 56 valence electrons. The van der Waals surface area contributed by atoms with E-state index in [0.717, 1.165) is 0 Å². The lowest BCUT2D eigenvalue weighted by atomic mass is 10.1. The van der Waals surface area contributed by atoms with Gasteiger partial charge in [-0.15, -0.1) is 6.42 Å². The molecule has 0 fully saturated rings. The van der Waals surface area contributed by atoms with E-state index in [9.17, 15) is 9.59 Å². The monoisotopic (exact) mass is 156 g/mol. The second kappa shape index (κ2) is 3.49. The van der Waals surface area contributed by atoms with Gasteiger partial charge in [0, 0.05) is 16.7 Å². The van der Waals surface area contributed by atoms with Crippen LogP contribution in [0.1, 0.15) is 16.7 Å². The van der Waals surface area contributed by atoms with Gasteiger partial charge in [-0.1, -0.05) is 5.92 Å². The van der Waals surface area contributed by atoms with E-state index in [4.69, 9.17) is 6.42 Å². The van der Waals surface area contributed by atoms with Gasteiger partial charge < -0.3 is 0 Å². The van der Waals surface area contributed by atoms with Gasteiger partial charge >= 0.3 is 0 Å². The lowest BCUT2D eigenvalue weighted by molar-refractivity contribution is 0.562. The van der Waals surface area contributed by atoms with Crippen LogP contribution in [0.2, 0.25) is 0 Å². The highest BCUT2D eigenvalue weighted by molar-refractivity contribution is 5.83. The Bertz CT molecular complexity index is 332. The molecule has 0 amide bonds. The summed E-state index contributed by atoms with van der Waals surface area (Å²) in [5, 5.41) is 0. The van der Waals surface area contributed by atoms with Crippen LogP contribution in [0, 0.1) is 12.3 Å². The molecule has 0 aliphatic heterocycles. The van der Waals surface area contributed by atoms with E-state index in [1.54, 1.807) is 12.6 Å². The van der Waals surface area contributed by atoms with Crippen LogP contribution in [0.4, 0.5) is 0 Å². The predicted octanol–water partition coefficient (Wildman–Crippen LogP) is 0.584. The molecule has 0 aromatic heterocycles. The Morgan fingerprint density at radius 3 is 1.67 bits per heavy atom. The molecule has 0 unspecified atom stereocenters. The molecule has 0 aliphatic carbocycles. The van der Waals surface area contributed by atoms with Crippen molar-refractivity contribution >= 4 is 12.6 Å². The molecule has 0 aliphatic rings. The Labute approximate surface area is 70.2 Å². The predicted molar refractivity (Wildman–Crippen MR) is 44.0 cm³/mol. The van der Waals surface area contributed by atoms with Crippen LogP contribution in [0.5, 0.6) is 0 Å². The fourth-order valence-electron chi connectivity index (χ4n) is 0.829. The molecule has 2 radical (unpaired) electrons. The van der Waals surface area contributed by atoms with Crippen molar-refractivity contribution in [1.29, 1.82) is 0 Å². The summed E-state index contributed by atoms with van der Waals surface area (Å²) in [6.45, 7) is 0. The van der Waals surface area contributed by atoms with E-state index >= 15 is 0 Å². The van der Waals surface area contributed by atoms with Crippen LogP contribution >= 0.6 is 0 Å². The Kier molecular flexibility index (Phi) is 2.39. The number of hydrogen-bond acceptors (Lipinski definition) is 2. The highest BCUT2D eigenvalue weighted by atomic mass is 16.1. The number of hydrogen-bond donors (Lipinski definition) is 0. The van der Waals surface area contributed by atoms with Gasteiger partial charge in [0.15, 0.2) is 0 Å². The first-order valence-electron chi connectivity index (χ1n) is 3.18. The van der Waals surface area contributed by atoms with E-state index in [1.165, 1.54) is 18.2 Å². The van der Waals surface area contributed by atoms with Crippen molar-refractivity contribution in [3.8, 4) is 12.3 Å². The van der Waals surface area contributed by atoms with E-state index in [1.807, 2.05) is 0 Å². The first-order chi connectivity index (χ1) is 5.80. The number of rotatable bonds is 2. The van der Waals surface area contributed by atoms with Crippen molar-refractivity contribution in [2.45, 2.75) is 0 Å². The maximum absolute atomic E-state index is 10.2. The van der Waals surface area contributed by atoms with Gasteiger partial charge in [-0.2, -0.15) is 0 Å². The molecule has 12 heavy (non-hydrogen) atoms. The quantitative estimate of drug-likeness (QED) is 0.587. The molecule has 0 N–H and O–H groups in total. The molecular formula is C10H4O2. The third-order valence-electron chi connectivity index (χ3n) is 1.34. The molecule has 2 nitrogen and oxygen atoms in total. The Morgan fingerprint density at radius 1 is 0.917 bits per heavy atom. The Balaban J connectivity index is 3.30. The smallest absolute Gasteiger partial charge is 0.233 e. The number of benzene rings is 1. The van der Waals surface area contributed by atoms with E-state index in [2.05, 4.69) is 5.92 Å². The second-order valence-corrected chi connectivity index (χ2v) is 2.15. The molecule has 1 aromatic carbocycles. The van der Waals surface area contributed by atoms with Gasteiger partial charge in [0.25, 0.3) is 0 Å². The zero-order valence-corrected chi connectivity index (χ0v) is 6.13. The van der Waals surface area contributed by atoms with Gasteiger partial charge in [-0.25, -0.2) is 0 Å². The highest BCUT2D eigenvalue weighted by Crippen LogP contribution is 2.05. The first kappa shape index (κ1) is 8.22. The molecule has 1 aromatic rings. The van der Waals surface area contributed by atoms with Gasteiger partial charge in [0.05, 0.1) is 0 Å². The molecule has 0 heterocycles. The largest absolute Gasteiger partial charge is 0.285 e. The lowest BCUT2D eigenvalue weighted by Gasteiger charge is -1.93. The topological polar surface area (TPSA) is 34.1 Å². The number of carbonyl (C=O) groups excluding carboxylic acids is 2. The summed E-state index contributed by atoms with van der Waals surface area (Å²) < 4.78 is 0. The second-order valence-electron chi connectivity index (χ2n) is 2.15. The average Bonchev–Trinajstić information content (AvgIpc) is 2.16. The molecule has 0 atom stereocenters. The minimum absolute atomic E-state index is 0.267. The van der Waals surface area contributed by atoms with Crippen LogP contribution in [-0.2, 0) is 9.59 Å². The molecule has 2 heteroatoms. The maximum atomic E-state index is 10.2. The Morgan fingerprint density at radius 2 is 1.33 bits per heavy atom. The van der Waals surface area contributed by atoms with Crippen molar-refractivity contribution in [2.24, 2.45) is 0 Å². The van der Waals surface area contributed by atoms with Gasteiger partial charge in [0.1, 0.15) is 0 Å². The Hall–Kier alpha value is -1.88. The fourth-order valence-corrected chi connectivity index (χ4v) is 0.829. The summed E-state index contributed by atoms with van der Waals surface area (Å²) in [7, 11) is 0. The standard InChI is InChI=1S/C10H4O2/c1-2-8-3-9(6-11)5-10(4-8)7-12/h1,3-5H. The first-order valence-corrected chi connectivity index (χ1v) is 3.18. The third kappa shape index (κ3) is 1.58. The molecule has 0 saturated carbocycles. The molecule has 0 bridgehead atoms. The zero-order chi connectivity index (χ0) is 8.97. The van der Waals surface area contributed by atoms with Crippen molar-refractivity contribution < 1.29 is 9.59 Å². The van der Waals surface area contributed by atoms with Crippen LogP contribution in [0.15, 0.2) is 18.2 Å². The van der Waals surface area contributed by atoms with Crippen LogP contribution in [0.3, 0.4) is 0 Å². The molecule has 1 rings (SSSR count). The van der Waals surface area contributed by atoms with Crippen LogP contribution in [0.25, 0.3) is 0 Å². The normalized spacial score (nSPS) is 8.58. The maximum Gasteiger partial charge on any atom is 0.233 e. The summed E-state index contributed by atoms with van der Waals surface area (Å²) in [4.78, 5) is 20.4. The summed E-state index contributed by atoms with van der Waals surface area (Å²) in [6.07, 6.45) is 8.39. The van der Waals surface area contributed by atoms with Crippen LogP contribution < -0.4 is 0 Å². The van der Waals surface area contributed by atoms with Crippen molar-refractivity contribution in [3.05, 3.63) is 34.9 Å². The summed E-state index contributed by atoms with van der Waals surface area (Å²) in [5.41, 5.74) is 1.02. The number of terminal acetylenes is 1. The fraction of sp³-hybridized carbons (Fsp3) is 0. The minimum Gasteiger partial charge on any atom is -0.285 e. The van der Waals surface area contributed by atoms with Gasteiger partial charge in [-0.05, 0) is 18.2 Å². The van der Waals surface area contributed by atoms with Crippen molar-refractivity contribution in [1.82, 2.24) is 0 Å². The zero-order valence-electron chi connectivity index (χ0n) is 6.13. The van der Waals surface area contributed by atoms with E-state index in [-0.39, 0.29) is 11.1 Å². The van der Waals surface area contributed by atoms with E-state index < -0.39 is 0 Å². The van der Waals surface area contributed by atoms with Crippen molar-refractivity contribution in [3.63, 3.8) is 0 Å².